The van der Waals surface area contributed by atoms with Crippen molar-refractivity contribution < 1.29 is 48.1 Å². The molecular formula is C22H20FN3NaO4P. The van der Waals surface area contributed by atoms with Crippen molar-refractivity contribution in [2.75, 3.05) is 12.4 Å². The van der Waals surface area contributed by atoms with Crippen LogP contribution in [0.25, 0.3) is 10.9 Å². The van der Waals surface area contributed by atoms with E-state index in [2.05, 4.69) is 10.1 Å². The van der Waals surface area contributed by atoms with Crippen molar-refractivity contribution in [3.63, 3.8) is 0 Å². The van der Waals surface area contributed by atoms with Crippen LogP contribution in [-0.4, -0.2) is 17.5 Å². The molecule has 1 atom stereocenters. The predicted molar refractivity (Wildman–Crippen MR) is 116 cm³/mol. The Hall–Kier alpha value is -1.96. The van der Waals surface area contributed by atoms with E-state index < -0.39 is 24.6 Å². The second kappa shape index (κ2) is 8.76. The molecule has 5 rings (SSSR count). The SMILES string of the molecule is COP1(=O)N=C(c2c([O-])c3cc(F)ccc3n(CCC3CC3)c2=O)Nc2ccccc21.[Na+]. The number of nitrogens with zero attached hydrogens (tertiary/aromatic N) is 2. The van der Waals surface area contributed by atoms with Crippen molar-refractivity contribution in [3.05, 3.63) is 64.2 Å². The normalized spacial score (nSPS) is 19.6. The van der Waals surface area contributed by atoms with Crippen LogP contribution in [0, 0.1) is 11.7 Å². The van der Waals surface area contributed by atoms with Gasteiger partial charge < -0.3 is 19.5 Å². The van der Waals surface area contributed by atoms with Crippen molar-refractivity contribution in [2.24, 2.45) is 10.7 Å². The summed E-state index contributed by atoms with van der Waals surface area (Å²) in [6.07, 6.45) is 3.04. The maximum absolute atomic E-state index is 14.0. The number of para-hydroxylation sites is 1. The van der Waals surface area contributed by atoms with Crippen molar-refractivity contribution in [1.82, 2.24) is 4.57 Å². The Morgan fingerprint density at radius 1 is 1.28 bits per heavy atom. The van der Waals surface area contributed by atoms with Gasteiger partial charge in [0.25, 0.3) is 5.56 Å². The first-order chi connectivity index (χ1) is 14.9. The second-order valence-electron chi connectivity index (χ2n) is 7.85. The summed E-state index contributed by atoms with van der Waals surface area (Å²) in [4.78, 5) is 13.5. The van der Waals surface area contributed by atoms with Crippen LogP contribution >= 0.6 is 7.52 Å². The average molecular weight is 463 g/mol. The fraction of sp³-hybridized carbons (Fsp3) is 0.273. The molecule has 3 aromatic rings. The van der Waals surface area contributed by atoms with Gasteiger partial charge in [0.1, 0.15) is 11.7 Å². The predicted octanol–water partition coefficient (Wildman–Crippen LogP) is 0.355. The molecule has 160 valence electrons. The zero-order valence-corrected chi connectivity index (χ0v) is 20.7. The Morgan fingerprint density at radius 3 is 2.75 bits per heavy atom. The maximum Gasteiger partial charge on any atom is 1.00 e. The van der Waals surface area contributed by atoms with Gasteiger partial charge in [-0.05, 0) is 48.1 Å². The molecule has 10 heteroatoms. The van der Waals surface area contributed by atoms with E-state index in [9.17, 15) is 18.9 Å². The Balaban J connectivity index is 0.00000245. The van der Waals surface area contributed by atoms with Gasteiger partial charge in [-0.2, -0.15) is 4.76 Å². The van der Waals surface area contributed by atoms with Crippen LogP contribution in [0.3, 0.4) is 0 Å². The molecule has 1 aliphatic carbocycles. The molecule has 2 aromatic carbocycles. The molecule has 1 fully saturated rings. The quantitative estimate of drug-likeness (QED) is 0.436. The number of benzene rings is 2. The van der Waals surface area contributed by atoms with Crippen LogP contribution in [0.2, 0.25) is 0 Å². The molecule has 0 spiro atoms. The molecule has 0 bridgehead atoms. The monoisotopic (exact) mass is 463 g/mol. The Bertz CT molecular complexity index is 1350. The van der Waals surface area contributed by atoms with Crippen molar-refractivity contribution in [2.45, 2.75) is 25.8 Å². The van der Waals surface area contributed by atoms with E-state index in [1.165, 1.54) is 23.8 Å². The fourth-order valence-corrected chi connectivity index (χ4v) is 5.47. The van der Waals surface area contributed by atoms with E-state index >= 15 is 0 Å². The van der Waals surface area contributed by atoms with E-state index in [1.807, 2.05) is 0 Å². The number of aryl methyl sites for hydroxylation is 1. The Kier molecular flexibility index (Phi) is 6.36. The van der Waals surface area contributed by atoms with Gasteiger partial charge in [0.05, 0.1) is 22.1 Å². The number of halogens is 1. The molecule has 1 aromatic heterocycles. The molecule has 1 saturated carbocycles. The summed E-state index contributed by atoms with van der Waals surface area (Å²) in [7, 11) is -2.42. The zero-order chi connectivity index (χ0) is 21.8. The van der Waals surface area contributed by atoms with E-state index in [0.29, 0.717) is 29.0 Å². The first-order valence-corrected chi connectivity index (χ1v) is 11.6. The molecule has 1 N–H and O–H groups in total. The summed E-state index contributed by atoms with van der Waals surface area (Å²) < 4.78 is 38.2. The zero-order valence-electron chi connectivity index (χ0n) is 17.8. The van der Waals surface area contributed by atoms with E-state index in [4.69, 9.17) is 4.52 Å². The largest absolute Gasteiger partial charge is 1.00 e. The maximum atomic E-state index is 14.0. The smallest absolute Gasteiger partial charge is 0.871 e. The van der Waals surface area contributed by atoms with Crippen LogP contribution in [-0.2, 0) is 15.6 Å². The van der Waals surface area contributed by atoms with Crippen LogP contribution in [0.4, 0.5) is 10.1 Å². The minimum atomic E-state index is -3.69. The van der Waals surface area contributed by atoms with Gasteiger partial charge in [-0.25, -0.2) is 4.39 Å². The van der Waals surface area contributed by atoms with Gasteiger partial charge >= 0.3 is 37.1 Å². The van der Waals surface area contributed by atoms with E-state index in [0.717, 1.165) is 25.3 Å². The minimum absolute atomic E-state index is 0. The molecule has 1 aliphatic heterocycles. The summed E-state index contributed by atoms with van der Waals surface area (Å²) in [5.41, 5.74) is 0.0200. The third-order valence-electron chi connectivity index (χ3n) is 5.82. The summed E-state index contributed by atoms with van der Waals surface area (Å²) in [5.74, 6) is -0.793. The van der Waals surface area contributed by atoms with E-state index in [1.54, 1.807) is 24.3 Å². The van der Waals surface area contributed by atoms with Crippen LogP contribution in [0.5, 0.6) is 5.75 Å². The van der Waals surface area contributed by atoms with Crippen molar-refractivity contribution in [1.29, 1.82) is 0 Å². The average Bonchev–Trinajstić information content (AvgIpc) is 3.59. The molecule has 0 saturated heterocycles. The summed E-state index contributed by atoms with van der Waals surface area (Å²) in [5, 5.41) is 16.7. The number of amidine groups is 1. The topological polar surface area (TPSA) is 95.8 Å². The number of fused-ring (bicyclic) bond motifs is 2. The number of anilines is 1. The number of aromatic nitrogens is 1. The molecular weight excluding hydrogens is 443 g/mol. The third-order valence-corrected chi connectivity index (χ3v) is 7.77. The summed E-state index contributed by atoms with van der Waals surface area (Å²) >= 11 is 0. The van der Waals surface area contributed by atoms with Crippen LogP contribution in [0.1, 0.15) is 24.8 Å². The second-order valence-corrected chi connectivity index (χ2v) is 9.94. The number of nitrogens with one attached hydrogen (secondary N) is 1. The van der Waals surface area contributed by atoms with Gasteiger partial charge in [0.2, 0.25) is 0 Å². The molecule has 2 heterocycles. The molecule has 0 radical (unpaired) electrons. The summed E-state index contributed by atoms with van der Waals surface area (Å²) in [6.45, 7) is 0.407. The minimum Gasteiger partial charge on any atom is -0.871 e. The van der Waals surface area contributed by atoms with Gasteiger partial charge in [-0.15, -0.1) is 0 Å². The van der Waals surface area contributed by atoms with E-state index in [-0.39, 0.29) is 46.3 Å². The van der Waals surface area contributed by atoms with Gasteiger partial charge in [-0.1, -0.05) is 30.7 Å². The van der Waals surface area contributed by atoms with Crippen LogP contribution in [0.15, 0.2) is 52.0 Å². The van der Waals surface area contributed by atoms with Crippen LogP contribution < -0.4 is 50.8 Å². The third kappa shape index (κ3) is 3.95. The van der Waals surface area contributed by atoms with Gasteiger partial charge in [0.15, 0.2) is 0 Å². The number of hydrogen-bond donors (Lipinski definition) is 1. The summed E-state index contributed by atoms with van der Waals surface area (Å²) in [6, 6.07) is 10.5. The number of hydrogen-bond acceptors (Lipinski definition) is 5. The molecule has 2 aliphatic rings. The van der Waals surface area contributed by atoms with Crippen molar-refractivity contribution >= 4 is 35.3 Å². The first-order valence-electron chi connectivity index (χ1n) is 10.1. The number of rotatable bonds is 5. The molecule has 0 amide bonds. The number of pyridine rings is 1. The fourth-order valence-electron chi connectivity index (χ4n) is 3.97. The Labute approximate surface area is 206 Å². The molecule has 7 nitrogen and oxygen atoms in total. The van der Waals surface area contributed by atoms with Gasteiger partial charge in [0, 0.05) is 13.7 Å². The Morgan fingerprint density at radius 2 is 2.03 bits per heavy atom. The molecule has 1 unspecified atom stereocenters. The van der Waals surface area contributed by atoms with Crippen molar-refractivity contribution in [3.8, 4) is 5.75 Å². The van der Waals surface area contributed by atoms with Gasteiger partial charge in [-0.3, -0.25) is 9.36 Å². The standard InChI is InChI=1S/C22H21FN3O4P.Na/c1-30-31(29)18-5-3-2-4-16(18)24-21(25-31)19-20(27)15-12-14(23)8-9-17(15)26(22(19)28)11-10-13-6-7-13;/h2-5,8-9,12-13,27H,6-7,10-11H2,1H3,(H,24,25,29);/q;+1/p-1. The molecule has 32 heavy (non-hydrogen) atoms. The first kappa shape index (κ1) is 23.2.